The van der Waals surface area contributed by atoms with Gasteiger partial charge in [-0.3, -0.25) is 0 Å². The van der Waals surface area contributed by atoms with Crippen molar-refractivity contribution in [2.24, 2.45) is 0 Å². The van der Waals surface area contributed by atoms with Crippen LogP contribution >= 0.6 is 19.4 Å². The Kier molecular flexibility index (Phi) is 9.37. The Morgan fingerprint density at radius 1 is 0.538 bits per heavy atom. The summed E-state index contributed by atoms with van der Waals surface area (Å²) in [6.45, 7) is 18.1. The summed E-state index contributed by atoms with van der Waals surface area (Å²) in [7, 11) is 15.2. The van der Waals surface area contributed by atoms with Gasteiger partial charge >= 0.3 is 246 Å². The van der Waals surface area contributed by atoms with Crippen LogP contribution in [0.1, 0.15) is 107 Å². The SMILES string of the molecule is CC(C)c1cccc(C(C)C)c1-n1ccn(-c2c(C(C)C)cccc2C(C)C)[c]1=[Ru]([Cl])([Cl])=[CH]c1ccccc1. The van der Waals surface area contributed by atoms with Crippen molar-refractivity contribution in [3.63, 3.8) is 0 Å². The van der Waals surface area contributed by atoms with Gasteiger partial charge in [-0.15, -0.1) is 0 Å². The average Bonchev–Trinajstić information content (AvgIpc) is 3.33. The summed E-state index contributed by atoms with van der Waals surface area (Å²) in [4.78, 5) is 0. The van der Waals surface area contributed by atoms with Crippen LogP contribution < -0.4 is 0 Å². The molecule has 5 heteroatoms. The van der Waals surface area contributed by atoms with Gasteiger partial charge in [0.15, 0.2) is 0 Å². The van der Waals surface area contributed by atoms with Crippen LogP contribution in [0.15, 0.2) is 79.1 Å². The van der Waals surface area contributed by atoms with Gasteiger partial charge < -0.3 is 0 Å². The van der Waals surface area contributed by atoms with E-state index in [-0.39, 0.29) is 0 Å². The van der Waals surface area contributed by atoms with Gasteiger partial charge in [-0.25, -0.2) is 0 Å². The molecule has 1 aromatic heterocycles. The van der Waals surface area contributed by atoms with Gasteiger partial charge in [-0.2, -0.15) is 0 Å². The van der Waals surface area contributed by atoms with Gasteiger partial charge in [0, 0.05) is 0 Å². The fourth-order valence-electron chi connectivity index (χ4n) is 5.22. The molecule has 4 rings (SSSR count). The molecule has 0 aliphatic heterocycles. The molecule has 0 bridgehead atoms. The van der Waals surface area contributed by atoms with E-state index in [4.69, 9.17) is 19.4 Å². The molecule has 2 nitrogen and oxygen atoms in total. The Labute approximate surface area is 245 Å². The molecule has 3 aromatic carbocycles. The number of para-hydroxylation sites is 2. The molecule has 0 saturated carbocycles. The van der Waals surface area contributed by atoms with E-state index in [1.54, 1.807) is 0 Å². The summed E-state index contributed by atoms with van der Waals surface area (Å²) in [6.07, 6.45) is 4.37. The van der Waals surface area contributed by atoms with Crippen LogP contribution in [0.4, 0.5) is 0 Å². The van der Waals surface area contributed by atoms with Crippen LogP contribution in [0.25, 0.3) is 11.4 Å². The molecule has 0 aliphatic carbocycles. The maximum absolute atomic E-state index is 7.61. The number of aromatic nitrogens is 2. The molecule has 210 valence electrons. The van der Waals surface area contributed by atoms with Gasteiger partial charge in [-0.1, -0.05) is 0 Å². The number of hydrogen-bond acceptors (Lipinski definition) is 0. The number of benzene rings is 3. The predicted molar refractivity (Wildman–Crippen MR) is 168 cm³/mol. The Bertz CT molecular complexity index is 1470. The van der Waals surface area contributed by atoms with Gasteiger partial charge in [0.1, 0.15) is 0 Å². The summed E-state index contributed by atoms with van der Waals surface area (Å²) < 4.78 is 7.74. The Morgan fingerprint density at radius 3 is 1.23 bits per heavy atom. The van der Waals surface area contributed by atoms with E-state index < -0.39 is 11.9 Å². The molecule has 0 radical (unpaired) electrons. The second-order valence-corrected chi connectivity index (χ2v) is 20.7. The second-order valence-electron chi connectivity index (χ2n) is 11.4. The first-order valence-electron chi connectivity index (χ1n) is 13.9. The molecular weight excluding hydrogens is 608 g/mol. The topological polar surface area (TPSA) is 9.86 Å². The molecule has 0 aliphatic rings. The zero-order valence-corrected chi connectivity index (χ0v) is 27.6. The van der Waals surface area contributed by atoms with E-state index >= 15 is 0 Å². The zero-order valence-electron chi connectivity index (χ0n) is 24.4. The van der Waals surface area contributed by atoms with Crippen molar-refractivity contribution in [1.82, 2.24) is 9.13 Å². The Morgan fingerprint density at radius 2 is 0.897 bits per heavy atom. The van der Waals surface area contributed by atoms with Crippen molar-refractivity contribution < 1.29 is 11.9 Å². The van der Waals surface area contributed by atoms with E-state index in [0.29, 0.717) is 23.7 Å². The van der Waals surface area contributed by atoms with E-state index in [1.807, 2.05) is 18.2 Å². The average molecular weight is 651 g/mol. The first-order chi connectivity index (χ1) is 18.4. The Hall–Kier alpha value is -2.06. The van der Waals surface area contributed by atoms with E-state index in [1.165, 1.54) is 33.6 Å². The van der Waals surface area contributed by atoms with E-state index in [2.05, 4.69) is 130 Å². The number of imidazole rings is 1. The standard InChI is InChI=1S/C27H36N2.C7H6.2ClH.Ru/c1-18(2)22-11-9-12-23(19(3)4)26(22)28-15-16-29(17-28)27-24(20(5)6)13-10-14-25(27)21(7)8;1-7-5-3-2-4-6-7;;;/h9-16,18-21H,1-8H3;1-6H;2*1H;/q;;;;+2/p-2. The van der Waals surface area contributed by atoms with Crippen LogP contribution in [0.2, 0.25) is 0 Å². The summed E-state index contributed by atoms with van der Waals surface area (Å²) in [5, 5.41) is 0. The Balaban J connectivity index is 2.30. The van der Waals surface area contributed by atoms with Crippen LogP contribution in [0.3, 0.4) is 0 Å². The van der Waals surface area contributed by atoms with Crippen molar-refractivity contribution in [2.45, 2.75) is 79.1 Å². The summed E-state index contributed by atoms with van der Waals surface area (Å²) in [5.74, 6) is 1.39. The van der Waals surface area contributed by atoms with Gasteiger partial charge in [-0.05, 0) is 0 Å². The molecule has 0 N–H and O–H groups in total. The predicted octanol–water partition coefficient (Wildman–Crippen LogP) is 10.6. The summed E-state index contributed by atoms with van der Waals surface area (Å²) in [6, 6.07) is 23.6. The molecule has 0 atom stereocenters. The molecule has 0 fully saturated rings. The van der Waals surface area contributed by atoms with Gasteiger partial charge in [0.25, 0.3) is 0 Å². The third-order valence-corrected chi connectivity index (χ3v) is 12.6. The van der Waals surface area contributed by atoms with Crippen molar-refractivity contribution >= 4 is 24.0 Å². The van der Waals surface area contributed by atoms with Crippen LogP contribution in [-0.4, -0.2) is 13.7 Å². The second kappa shape index (κ2) is 12.2. The fourth-order valence-corrected chi connectivity index (χ4v) is 10.8. The van der Waals surface area contributed by atoms with Crippen molar-refractivity contribution in [3.05, 3.63) is 111 Å². The zero-order chi connectivity index (χ0) is 28.5. The monoisotopic (exact) mass is 650 g/mol. The molecular formula is C34H42Cl2N2Ru. The number of rotatable bonds is 7. The summed E-state index contributed by atoms with van der Waals surface area (Å²) in [5.41, 5.74) is 8.67. The molecule has 4 aromatic rings. The normalized spacial score (nSPS) is 12.7. The third kappa shape index (κ3) is 6.17. The van der Waals surface area contributed by atoms with Gasteiger partial charge in [0.2, 0.25) is 0 Å². The molecule has 0 unspecified atom stereocenters. The quantitative estimate of drug-likeness (QED) is 0.176. The maximum atomic E-state index is 7.61. The van der Waals surface area contributed by atoms with Crippen LogP contribution in [0.5, 0.6) is 0 Å². The molecule has 1 heterocycles. The fraction of sp³-hybridized carbons (Fsp3) is 0.353. The van der Waals surface area contributed by atoms with Crippen LogP contribution in [-0.2, 0) is 11.9 Å². The van der Waals surface area contributed by atoms with Crippen LogP contribution in [0, 0.1) is 4.01 Å². The van der Waals surface area contributed by atoms with Crippen molar-refractivity contribution in [1.29, 1.82) is 0 Å². The minimum atomic E-state index is -3.63. The first-order valence-corrected chi connectivity index (χ1v) is 20.2. The molecule has 0 saturated heterocycles. The van der Waals surface area contributed by atoms with Gasteiger partial charge in [0.05, 0.1) is 0 Å². The van der Waals surface area contributed by atoms with Crippen molar-refractivity contribution in [2.75, 3.05) is 0 Å². The molecule has 39 heavy (non-hydrogen) atoms. The first kappa shape index (κ1) is 29.9. The third-order valence-electron chi connectivity index (χ3n) is 7.17. The number of hydrogen-bond donors (Lipinski definition) is 0. The number of halogens is 2. The summed E-state index contributed by atoms with van der Waals surface area (Å²) >= 11 is -3.63. The van der Waals surface area contributed by atoms with E-state index in [0.717, 1.165) is 9.58 Å². The minimum absolute atomic E-state index is 0.347. The van der Waals surface area contributed by atoms with Crippen molar-refractivity contribution in [3.8, 4) is 11.4 Å². The van der Waals surface area contributed by atoms with E-state index in [9.17, 15) is 0 Å². The molecule has 0 amide bonds. The molecule has 0 spiro atoms. The number of nitrogens with zero attached hydrogens (tertiary/aromatic N) is 2.